The second kappa shape index (κ2) is 5.18. The highest BCUT2D eigenvalue weighted by Crippen LogP contribution is 2.31. The molecule has 0 amide bonds. The van der Waals surface area contributed by atoms with Crippen LogP contribution in [0, 0.1) is 0 Å². The summed E-state index contributed by atoms with van der Waals surface area (Å²) in [5.74, 6) is -0.560. The van der Waals surface area contributed by atoms with E-state index in [9.17, 15) is 18.0 Å². The van der Waals surface area contributed by atoms with Crippen LogP contribution in [-0.4, -0.2) is 19.0 Å². The molecule has 0 unspecified atom stereocenters. The number of Topliss-reactive ketones (excluding diaryl/α,β-unsaturated/α-hetero) is 1. The molecule has 0 heterocycles. The smallest absolute Gasteiger partial charge is 0.398 e. The van der Waals surface area contributed by atoms with Gasteiger partial charge >= 0.3 is 6.18 Å². The van der Waals surface area contributed by atoms with Gasteiger partial charge in [0.2, 0.25) is 0 Å². The number of ketones is 1. The van der Waals surface area contributed by atoms with E-state index in [-0.39, 0.29) is 17.9 Å². The van der Waals surface area contributed by atoms with E-state index >= 15 is 0 Å². The van der Waals surface area contributed by atoms with Gasteiger partial charge in [-0.05, 0) is 25.1 Å². The molecule has 0 saturated carbocycles. The minimum Gasteiger partial charge on any atom is -0.398 e. The van der Waals surface area contributed by atoms with Gasteiger partial charge in [-0.2, -0.15) is 13.2 Å². The Morgan fingerprint density at radius 1 is 1.41 bits per heavy atom. The summed E-state index contributed by atoms with van der Waals surface area (Å²) in [6.07, 6.45) is -4.49. The molecular weight excluding hydrogens is 235 g/mol. The third-order valence-electron chi connectivity index (χ3n) is 2.12. The Morgan fingerprint density at radius 2 is 2.06 bits per heavy atom. The number of nitrogen functional groups attached to an aromatic ring is 1. The molecular formula is C11H12F3NO2. The normalized spacial score (nSPS) is 11.5. The fourth-order valence-electron chi connectivity index (χ4n) is 1.25. The van der Waals surface area contributed by atoms with E-state index in [1.807, 2.05) is 0 Å². The van der Waals surface area contributed by atoms with Crippen LogP contribution in [0.2, 0.25) is 0 Å². The lowest BCUT2D eigenvalue weighted by Crippen LogP contribution is -2.14. The van der Waals surface area contributed by atoms with Gasteiger partial charge in [-0.3, -0.25) is 4.79 Å². The maximum atomic E-state index is 12.4. The molecule has 0 aliphatic carbocycles. The van der Waals surface area contributed by atoms with E-state index in [2.05, 4.69) is 0 Å². The molecule has 0 spiro atoms. The van der Waals surface area contributed by atoms with Crippen molar-refractivity contribution in [1.82, 2.24) is 0 Å². The molecule has 1 rings (SSSR count). The summed E-state index contributed by atoms with van der Waals surface area (Å²) in [7, 11) is 0. The monoisotopic (exact) mass is 247 g/mol. The summed E-state index contributed by atoms with van der Waals surface area (Å²) < 4.78 is 42.1. The predicted molar refractivity (Wildman–Crippen MR) is 56.7 cm³/mol. The first kappa shape index (κ1) is 13.5. The molecule has 17 heavy (non-hydrogen) atoms. The van der Waals surface area contributed by atoms with Crippen LogP contribution in [0.4, 0.5) is 18.9 Å². The van der Waals surface area contributed by atoms with Gasteiger partial charge in [0.15, 0.2) is 5.78 Å². The number of hydrogen-bond donors (Lipinski definition) is 1. The zero-order valence-electron chi connectivity index (χ0n) is 9.17. The van der Waals surface area contributed by atoms with Gasteiger partial charge in [0.25, 0.3) is 0 Å². The molecule has 0 bridgehead atoms. The minimum absolute atomic E-state index is 0.0164. The third kappa shape index (κ3) is 3.45. The molecule has 0 radical (unpaired) electrons. The predicted octanol–water partition coefficient (Wildman–Crippen LogP) is 2.51. The second-order valence-corrected chi connectivity index (χ2v) is 3.36. The Labute approximate surface area is 96.4 Å². The molecule has 0 aliphatic rings. The Kier molecular flexibility index (Phi) is 4.11. The fraction of sp³-hybridized carbons (Fsp3) is 0.364. The van der Waals surface area contributed by atoms with E-state index in [1.54, 1.807) is 6.92 Å². The molecule has 0 aromatic heterocycles. The zero-order chi connectivity index (χ0) is 13.1. The van der Waals surface area contributed by atoms with Gasteiger partial charge in [-0.25, -0.2) is 0 Å². The second-order valence-electron chi connectivity index (χ2n) is 3.36. The third-order valence-corrected chi connectivity index (χ3v) is 2.12. The lowest BCUT2D eigenvalue weighted by Gasteiger charge is -2.10. The van der Waals surface area contributed by atoms with Crippen molar-refractivity contribution in [1.29, 1.82) is 0 Å². The first-order valence-electron chi connectivity index (χ1n) is 4.94. The van der Waals surface area contributed by atoms with Gasteiger partial charge in [0, 0.05) is 17.9 Å². The van der Waals surface area contributed by atoms with Crippen LogP contribution in [0.1, 0.15) is 22.8 Å². The van der Waals surface area contributed by atoms with Crippen LogP contribution >= 0.6 is 0 Å². The van der Waals surface area contributed by atoms with Crippen molar-refractivity contribution in [2.24, 2.45) is 0 Å². The Morgan fingerprint density at radius 3 is 2.59 bits per heavy atom. The molecule has 0 fully saturated rings. The summed E-state index contributed by atoms with van der Waals surface area (Å²) in [5, 5.41) is 0. The molecule has 6 heteroatoms. The topological polar surface area (TPSA) is 52.3 Å². The van der Waals surface area contributed by atoms with E-state index in [4.69, 9.17) is 10.5 Å². The SMILES string of the molecule is CCOCC(=O)c1cc(C(F)(F)F)ccc1N. The van der Waals surface area contributed by atoms with Gasteiger partial charge in [-0.15, -0.1) is 0 Å². The van der Waals surface area contributed by atoms with E-state index in [0.717, 1.165) is 18.2 Å². The quantitative estimate of drug-likeness (QED) is 0.657. The molecule has 0 atom stereocenters. The summed E-state index contributed by atoms with van der Waals surface area (Å²) in [6.45, 7) is 1.72. The number of rotatable bonds is 4. The molecule has 0 aliphatic heterocycles. The van der Waals surface area contributed by atoms with Crippen molar-refractivity contribution in [3.63, 3.8) is 0 Å². The van der Waals surface area contributed by atoms with Gasteiger partial charge < -0.3 is 10.5 Å². The number of alkyl halides is 3. The Balaban J connectivity index is 3.02. The van der Waals surface area contributed by atoms with E-state index in [1.165, 1.54) is 0 Å². The number of halogens is 3. The molecule has 94 valence electrons. The maximum absolute atomic E-state index is 12.4. The highest BCUT2D eigenvalue weighted by molar-refractivity contribution is 6.01. The molecule has 0 saturated heterocycles. The minimum atomic E-state index is -4.49. The first-order valence-corrected chi connectivity index (χ1v) is 4.94. The highest BCUT2D eigenvalue weighted by Gasteiger charge is 2.31. The van der Waals surface area contributed by atoms with Crippen LogP contribution in [0.15, 0.2) is 18.2 Å². The van der Waals surface area contributed by atoms with Crippen LogP contribution in [-0.2, 0) is 10.9 Å². The number of carbonyl (C=O) groups excluding carboxylic acids is 1. The van der Waals surface area contributed by atoms with Crippen molar-refractivity contribution in [2.45, 2.75) is 13.1 Å². The van der Waals surface area contributed by atoms with Crippen molar-refractivity contribution < 1.29 is 22.7 Å². The average molecular weight is 247 g/mol. The van der Waals surface area contributed by atoms with Crippen molar-refractivity contribution >= 4 is 11.5 Å². The first-order chi connectivity index (χ1) is 7.86. The molecule has 2 N–H and O–H groups in total. The van der Waals surface area contributed by atoms with E-state index < -0.39 is 17.5 Å². The van der Waals surface area contributed by atoms with Gasteiger partial charge in [-0.1, -0.05) is 0 Å². The van der Waals surface area contributed by atoms with Crippen molar-refractivity contribution in [3.8, 4) is 0 Å². The standard InChI is InChI=1S/C11H12F3NO2/c1-2-17-6-10(16)8-5-7(11(12,13)14)3-4-9(8)15/h3-5H,2,6,15H2,1H3. The summed E-state index contributed by atoms with van der Waals surface area (Å²) in [4.78, 5) is 11.5. The van der Waals surface area contributed by atoms with Crippen LogP contribution in [0.5, 0.6) is 0 Å². The lowest BCUT2D eigenvalue weighted by molar-refractivity contribution is -0.137. The largest absolute Gasteiger partial charge is 0.416 e. The Hall–Kier alpha value is -1.56. The highest BCUT2D eigenvalue weighted by atomic mass is 19.4. The van der Waals surface area contributed by atoms with Crippen molar-refractivity contribution in [3.05, 3.63) is 29.3 Å². The maximum Gasteiger partial charge on any atom is 0.416 e. The van der Waals surface area contributed by atoms with Crippen LogP contribution in [0.25, 0.3) is 0 Å². The number of ether oxygens (including phenoxy) is 1. The summed E-state index contributed by atoms with van der Waals surface area (Å²) in [6, 6.07) is 2.66. The molecule has 1 aromatic rings. The zero-order valence-corrected chi connectivity index (χ0v) is 9.17. The number of nitrogens with two attached hydrogens (primary N) is 1. The summed E-state index contributed by atoms with van der Waals surface area (Å²) in [5.41, 5.74) is 4.42. The van der Waals surface area contributed by atoms with Gasteiger partial charge in [0.05, 0.1) is 5.56 Å². The van der Waals surface area contributed by atoms with Crippen LogP contribution in [0.3, 0.4) is 0 Å². The number of hydrogen-bond acceptors (Lipinski definition) is 3. The number of benzene rings is 1. The van der Waals surface area contributed by atoms with E-state index in [0.29, 0.717) is 6.61 Å². The lowest BCUT2D eigenvalue weighted by atomic mass is 10.1. The average Bonchev–Trinajstić information content (AvgIpc) is 2.24. The van der Waals surface area contributed by atoms with Crippen LogP contribution < -0.4 is 5.73 Å². The van der Waals surface area contributed by atoms with Crippen molar-refractivity contribution in [2.75, 3.05) is 18.9 Å². The summed E-state index contributed by atoms with van der Waals surface area (Å²) >= 11 is 0. The van der Waals surface area contributed by atoms with Gasteiger partial charge in [0.1, 0.15) is 6.61 Å². The number of anilines is 1. The molecule has 1 aromatic carbocycles. The number of carbonyl (C=O) groups is 1. The Bertz CT molecular complexity index is 416. The molecule has 3 nitrogen and oxygen atoms in total. The fourth-order valence-corrected chi connectivity index (χ4v) is 1.25.